The molecule has 2 amide bonds. The average Bonchev–Trinajstić information content (AvgIpc) is 2.73. The Morgan fingerprint density at radius 3 is 2.09 bits per heavy atom. The number of carbonyl (C=O) groups excluding carboxylic acids is 4. The summed E-state index contributed by atoms with van der Waals surface area (Å²) in [5.74, 6) is -2.50. The van der Waals surface area contributed by atoms with Gasteiger partial charge < -0.3 is 4.74 Å². The first kappa shape index (κ1) is 15.6. The van der Waals surface area contributed by atoms with Crippen LogP contribution in [0.4, 0.5) is 0 Å². The molecule has 0 bridgehead atoms. The van der Waals surface area contributed by atoms with Crippen molar-refractivity contribution in [1.29, 1.82) is 0 Å². The number of carbonyl (C=O) groups is 4. The minimum absolute atomic E-state index is 0.0177. The summed E-state index contributed by atoms with van der Waals surface area (Å²) in [5.41, 5.74) is 0.550. The van der Waals surface area contributed by atoms with Crippen molar-refractivity contribution in [3.05, 3.63) is 48.0 Å². The molecule has 1 saturated heterocycles. The van der Waals surface area contributed by atoms with E-state index >= 15 is 0 Å². The predicted molar refractivity (Wildman–Crippen MR) is 76.9 cm³/mol. The quantitative estimate of drug-likeness (QED) is 0.341. The summed E-state index contributed by atoms with van der Waals surface area (Å²) >= 11 is 0. The molecule has 1 aromatic carbocycles. The van der Waals surface area contributed by atoms with Gasteiger partial charge >= 0.3 is 11.9 Å². The van der Waals surface area contributed by atoms with Gasteiger partial charge in [-0.25, -0.2) is 4.79 Å². The molecule has 2 aliphatic heterocycles. The fourth-order valence-corrected chi connectivity index (χ4v) is 2.33. The summed E-state index contributed by atoms with van der Waals surface area (Å²) in [5, 5.41) is 0. The zero-order chi connectivity index (χ0) is 16.3. The molecule has 0 radical (unpaired) electrons. The van der Waals surface area contributed by atoms with Crippen LogP contribution in [0.2, 0.25) is 0 Å². The van der Waals surface area contributed by atoms with Crippen LogP contribution in [-0.2, 0) is 14.3 Å². The molecule has 6 nitrogen and oxygen atoms in total. The zero-order valence-electron chi connectivity index (χ0n) is 12.1. The lowest BCUT2D eigenvalue weighted by Crippen LogP contribution is -2.48. The highest BCUT2D eigenvalue weighted by atomic mass is 16.6. The Morgan fingerprint density at radius 1 is 1.14 bits per heavy atom. The zero-order valence-corrected chi connectivity index (χ0v) is 12.1. The summed E-state index contributed by atoms with van der Waals surface area (Å²) in [7, 11) is 0. The van der Waals surface area contributed by atoms with Crippen molar-refractivity contribution < 1.29 is 23.9 Å². The number of cyclic esters (lactones) is 2. The summed E-state index contributed by atoms with van der Waals surface area (Å²) in [6.45, 7) is 5.25. The van der Waals surface area contributed by atoms with E-state index in [1.807, 2.05) is 6.92 Å². The molecule has 3 rings (SSSR count). The molecule has 1 fully saturated rings. The number of fused-ring (bicyclic) bond motifs is 1. The van der Waals surface area contributed by atoms with Gasteiger partial charge in [-0.2, -0.15) is 0 Å². The number of benzene rings is 1. The number of amides is 2. The van der Waals surface area contributed by atoms with Crippen molar-refractivity contribution in [2.24, 2.45) is 0 Å². The Hall–Kier alpha value is -2.76. The summed E-state index contributed by atoms with van der Waals surface area (Å²) < 4.78 is 4.48. The van der Waals surface area contributed by atoms with E-state index < -0.39 is 29.8 Å². The van der Waals surface area contributed by atoms with Crippen LogP contribution in [0.5, 0.6) is 0 Å². The fourth-order valence-electron chi connectivity index (χ4n) is 2.33. The van der Waals surface area contributed by atoms with Gasteiger partial charge in [-0.15, -0.1) is 6.58 Å². The van der Waals surface area contributed by atoms with Crippen molar-refractivity contribution in [3.8, 4) is 0 Å². The number of ether oxygens (including phenoxy) is 1. The number of hydrogen-bond acceptors (Lipinski definition) is 5. The first-order valence-electron chi connectivity index (χ1n) is 6.79. The second kappa shape index (κ2) is 6.34. The summed E-state index contributed by atoms with van der Waals surface area (Å²) in [6.07, 6.45) is 1.88. The standard InChI is InChI=1S/C13H9NO5.C3H6/c15-10-6-5-9(13(18)19-10)14-11(16)7-3-1-2-4-8(7)12(14)17;1-3-2/h1-4,9H,5-6H2;3H,1H2,2H3. The van der Waals surface area contributed by atoms with Crippen molar-refractivity contribution >= 4 is 23.8 Å². The summed E-state index contributed by atoms with van der Waals surface area (Å²) in [4.78, 5) is 47.8. The second-order valence-electron chi connectivity index (χ2n) is 4.78. The maximum absolute atomic E-state index is 12.1. The van der Waals surface area contributed by atoms with Gasteiger partial charge in [0.15, 0.2) is 0 Å². The maximum atomic E-state index is 12.1. The molecule has 1 atom stereocenters. The molecule has 22 heavy (non-hydrogen) atoms. The number of esters is 2. The van der Waals surface area contributed by atoms with Gasteiger partial charge in [0.1, 0.15) is 6.04 Å². The monoisotopic (exact) mass is 301 g/mol. The van der Waals surface area contributed by atoms with Crippen LogP contribution in [-0.4, -0.2) is 34.7 Å². The molecule has 2 heterocycles. The van der Waals surface area contributed by atoms with Crippen LogP contribution in [0.15, 0.2) is 36.9 Å². The minimum atomic E-state index is -1.01. The SMILES string of the molecule is C=CC.O=C1CCC(N2C(=O)c3ccccc3C2=O)C(=O)O1. The van der Waals surface area contributed by atoms with Gasteiger partial charge in [-0.05, 0) is 25.5 Å². The van der Waals surface area contributed by atoms with E-state index in [1.54, 1.807) is 18.2 Å². The summed E-state index contributed by atoms with van der Waals surface area (Å²) in [6, 6.07) is 5.36. The lowest BCUT2D eigenvalue weighted by molar-refractivity contribution is -0.167. The van der Waals surface area contributed by atoms with E-state index in [4.69, 9.17) is 0 Å². The third-order valence-electron chi connectivity index (χ3n) is 3.25. The van der Waals surface area contributed by atoms with Crippen LogP contribution in [0, 0.1) is 0 Å². The lowest BCUT2D eigenvalue weighted by Gasteiger charge is -2.26. The van der Waals surface area contributed by atoms with Crippen molar-refractivity contribution in [1.82, 2.24) is 4.90 Å². The Bertz CT molecular complexity index is 629. The highest BCUT2D eigenvalue weighted by molar-refractivity contribution is 6.23. The normalized spacial score (nSPS) is 20.0. The van der Waals surface area contributed by atoms with E-state index in [2.05, 4.69) is 11.3 Å². The minimum Gasteiger partial charge on any atom is -0.392 e. The second-order valence-corrected chi connectivity index (χ2v) is 4.78. The number of allylic oxidation sites excluding steroid dienone is 1. The number of imide groups is 1. The van der Waals surface area contributed by atoms with Crippen molar-refractivity contribution in [2.75, 3.05) is 0 Å². The van der Waals surface area contributed by atoms with Crippen LogP contribution >= 0.6 is 0 Å². The largest absolute Gasteiger partial charge is 0.392 e. The molecule has 0 N–H and O–H groups in total. The van der Waals surface area contributed by atoms with Crippen LogP contribution in [0.1, 0.15) is 40.5 Å². The van der Waals surface area contributed by atoms with Gasteiger partial charge in [0.25, 0.3) is 11.8 Å². The highest BCUT2D eigenvalue weighted by Gasteiger charge is 2.45. The maximum Gasteiger partial charge on any atom is 0.337 e. The molecule has 6 heteroatoms. The molecule has 114 valence electrons. The molecular formula is C16H15NO5. The first-order chi connectivity index (χ1) is 10.5. The Morgan fingerprint density at radius 2 is 1.64 bits per heavy atom. The fraction of sp³-hybridized carbons (Fsp3) is 0.250. The Balaban J connectivity index is 0.000000545. The van der Waals surface area contributed by atoms with Crippen LogP contribution in [0.3, 0.4) is 0 Å². The van der Waals surface area contributed by atoms with Gasteiger partial charge in [0.05, 0.1) is 11.1 Å². The van der Waals surface area contributed by atoms with Gasteiger partial charge in [0, 0.05) is 6.42 Å². The molecular weight excluding hydrogens is 286 g/mol. The van der Waals surface area contributed by atoms with Crippen LogP contribution < -0.4 is 0 Å². The van der Waals surface area contributed by atoms with Gasteiger partial charge in [0.2, 0.25) is 0 Å². The highest BCUT2D eigenvalue weighted by Crippen LogP contribution is 2.27. The van der Waals surface area contributed by atoms with E-state index in [0.29, 0.717) is 0 Å². The van der Waals surface area contributed by atoms with E-state index in [-0.39, 0.29) is 24.0 Å². The molecule has 1 unspecified atom stereocenters. The van der Waals surface area contributed by atoms with E-state index in [9.17, 15) is 19.2 Å². The number of hydrogen-bond donors (Lipinski definition) is 0. The third-order valence-corrected chi connectivity index (χ3v) is 3.25. The van der Waals surface area contributed by atoms with Crippen molar-refractivity contribution in [2.45, 2.75) is 25.8 Å². The molecule has 0 aliphatic carbocycles. The first-order valence-corrected chi connectivity index (χ1v) is 6.79. The molecule has 0 saturated carbocycles. The van der Waals surface area contributed by atoms with Gasteiger partial charge in [-0.1, -0.05) is 18.2 Å². The molecule has 2 aliphatic rings. The van der Waals surface area contributed by atoms with E-state index in [1.165, 1.54) is 12.1 Å². The van der Waals surface area contributed by atoms with Crippen molar-refractivity contribution in [3.63, 3.8) is 0 Å². The average molecular weight is 301 g/mol. The Kier molecular flexibility index (Phi) is 4.50. The van der Waals surface area contributed by atoms with Crippen LogP contribution in [0.25, 0.3) is 0 Å². The van der Waals surface area contributed by atoms with Gasteiger partial charge in [-0.3, -0.25) is 19.3 Å². The molecule has 0 spiro atoms. The molecule has 1 aromatic rings. The van der Waals surface area contributed by atoms with E-state index in [0.717, 1.165) is 4.90 Å². The predicted octanol–water partition coefficient (Wildman–Crippen LogP) is 1.71. The smallest absolute Gasteiger partial charge is 0.337 e. The number of nitrogens with zero attached hydrogens (tertiary/aromatic N) is 1. The Labute approximate surface area is 127 Å². The third kappa shape index (κ3) is 2.67. The topological polar surface area (TPSA) is 80.8 Å². The molecule has 0 aromatic heterocycles. The lowest BCUT2D eigenvalue weighted by atomic mass is 10.1. The number of rotatable bonds is 1.